The van der Waals surface area contributed by atoms with Crippen LogP contribution in [0, 0.1) is 0 Å². The van der Waals surface area contributed by atoms with E-state index < -0.39 is 0 Å². The summed E-state index contributed by atoms with van der Waals surface area (Å²) in [6, 6.07) is 4.72. The molecule has 0 spiro atoms. The van der Waals surface area contributed by atoms with E-state index in [1.54, 1.807) is 6.26 Å². The highest BCUT2D eigenvalue weighted by Crippen LogP contribution is 2.20. The number of hydrogen-bond acceptors (Lipinski definition) is 5. The van der Waals surface area contributed by atoms with Crippen molar-refractivity contribution in [1.29, 1.82) is 0 Å². The van der Waals surface area contributed by atoms with Crippen molar-refractivity contribution in [3.8, 4) is 0 Å². The van der Waals surface area contributed by atoms with Gasteiger partial charge in [0.05, 0.1) is 32.1 Å². The third-order valence-corrected chi connectivity index (χ3v) is 5.27. The molecule has 0 bridgehead atoms. The Morgan fingerprint density at radius 3 is 2.74 bits per heavy atom. The van der Waals surface area contributed by atoms with Crippen molar-refractivity contribution in [2.24, 2.45) is 4.99 Å². The molecule has 2 fully saturated rings. The average Bonchev–Trinajstić information content (AvgIpc) is 3.34. The van der Waals surface area contributed by atoms with E-state index >= 15 is 0 Å². The Hall–Kier alpha value is -0.840. The molecule has 0 saturated carbocycles. The summed E-state index contributed by atoms with van der Waals surface area (Å²) in [6.45, 7) is 9.60. The number of ether oxygens (including phenoxy) is 1. The summed E-state index contributed by atoms with van der Waals surface area (Å²) in [5.74, 6) is 1.98. The van der Waals surface area contributed by atoms with E-state index in [4.69, 9.17) is 14.1 Å². The maximum absolute atomic E-state index is 5.61. The highest BCUT2D eigenvalue weighted by atomic mass is 127. The molecule has 154 valence electrons. The van der Waals surface area contributed by atoms with E-state index in [1.807, 2.05) is 12.1 Å². The van der Waals surface area contributed by atoms with Crippen LogP contribution in [0.3, 0.4) is 0 Å². The maximum Gasteiger partial charge on any atom is 0.194 e. The predicted molar refractivity (Wildman–Crippen MR) is 119 cm³/mol. The molecule has 2 saturated heterocycles. The third-order valence-electron chi connectivity index (χ3n) is 5.27. The second-order valence-electron chi connectivity index (χ2n) is 7.23. The SMILES string of the molecule is CCNC(=NCC(c1ccco1)N(C)C)N1CCC(N2CCOCC2)C1.I. The zero-order chi connectivity index (χ0) is 18.4. The summed E-state index contributed by atoms with van der Waals surface area (Å²) < 4.78 is 11.1. The Bertz CT molecular complexity index is 560. The van der Waals surface area contributed by atoms with Gasteiger partial charge in [-0.25, -0.2) is 0 Å². The van der Waals surface area contributed by atoms with Gasteiger partial charge in [-0.1, -0.05) is 0 Å². The number of guanidine groups is 1. The van der Waals surface area contributed by atoms with Crippen molar-refractivity contribution in [3.63, 3.8) is 0 Å². The van der Waals surface area contributed by atoms with E-state index in [0.717, 1.165) is 57.7 Å². The van der Waals surface area contributed by atoms with Crippen molar-refractivity contribution in [3.05, 3.63) is 24.2 Å². The summed E-state index contributed by atoms with van der Waals surface area (Å²) in [5.41, 5.74) is 0. The van der Waals surface area contributed by atoms with Gasteiger partial charge in [-0.2, -0.15) is 0 Å². The normalized spacial score (nSPS) is 22.7. The van der Waals surface area contributed by atoms with Crippen LogP contribution in [0.5, 0.6) is 0 Å². The number of furan rings is 1. The Kier molecular flexibility index (Phi) is 9.34. The molecular weight excluding hydrogens is 457 g/mol. The molecule has 0 amide bonds. The smallest absolute Gasteiger partial charge is 0.194 e. The summed E-state index contributed by atoms with van der Waals surface area (Å²) in [6.07, 6.45) is 2.92. The fourth-order valence-electron chi connectivity index (χ4n) is 3.76. The number of hydrogen-bond donors (Lipinski definition) is 1. The topological polar surface area (TPSA) is 56.5 Å². The van der Waals surface area contributed by atoms with E-state index in [2.05, 4.69) is 41.0 Å². The van der Waals surface area contributed by atoms with Crippen molar-refractivity contribution < 1.29 is 9.15 Å². The first kappa shape index (κ1) is 22.4. The van der Waals surface area contributed by atoms with Crippen LogP contribution < -0.4 is 5.32 Å². The molecule has 2 atom stereocenters. The van der Waals surface area contributed by atoms with Crippen LogP contribution >= 0.6 is 24.0 Å². The Labute approximate surface area is 180 Å². The Morgan fingerprint density at radius 1 is 1.33 bits per heavy atom. The molecule has 2 aliphatic heterocycles. The number of morpholine rings is 1. The molecular formula is C19H34IN5O2. The Balaban J connectivity index is 0.00000261. The zero-order valence-corrected chi connectivity index (χ0v) is 19.1. The molecule has 3 heterocycles. The predicted octanol–water partition coefficient (Wildman–Crippen LogP) is 1.87. The monoisotopic (exact) mass is 491 g/mol. The van der Waals surface area contributed by atoms with Crippen molar-refractivity contribution in [2.75, 3.05) is 66.6 Å². The molecule has 1 aromatic rings. The number of rotatable bonds is 6. The summed E-state index contributed by atoms with van der Waals surface area (Å²) in [5, 5.41) is 3.47. The number of nitrogens with zero attached hydrogens (tertiary/aromatic N) is 4. The largest absolute Gasteiger partial charge is 0.468 e. The third kappa shape index (κ3) is 6.07. The molecule has 7 nitrogen and oxygen atoms in total. The number of halogens is 1. The molecule has 3 rings (SSSR count). The highest BCUT2D eigenvalue weighted by molar-refractivity contribution is 14.0. The van der Waals surface area contributed by atoms with Gasteiger partial charge in [0.2, 0.25) is 0 Å². The van der Waals surface area contributed by atoms with Gasteiger partial charge in [0, 0.05) is 38.8 Å². The first-order valence-corrected chi connectivity index (χ1v) is 9.74. The fraction of sp³-hybridized carbons (Fsp3) is 0.737. The second-order valence-corrected chi connectivity index (χ2v) is 7.23. The van der Waals surface area contributed by atoms with Crippen LogP contribution in [0.25, 0.3) is 0 Å². The van der Waals surface area contributed by atoms with Crippen LogP contribution in [0.4, 0.5) is 0 Å². The quantitative estimate of drug-likeness (QED) is 0.373. The Morgan fingerprint density at radius 2 is 2.11 bits per heavy atom. The average molecular weight is 491 g/mol. The lowest BCUT2D eigenvalue weighted by Gasteiger charge is -2.32. The summed E-state index contributed by atoms with van der Waals surface area (Å²) >= 11 is 0. The second kappa shape index (κ2) is 11.2. The maximum atomic E-state index is 5.61. The minimum Gasteiger partial charge on any atom is -0.468 e. The molecule has 0 aromatic carbocycles. The van der Waals surface area contributed by atoms with Gasteiger partial charge in [-0.3, -0.25) is 14.8 Å². The molecule has 1 aromatic heterocycles. The van der Waals surface area contributed by atoms with E-state index in [1.165, 1.54) is 6.42 Å². The summed E-state index contributed by atoms with van der Waals surface area (Å²) in [4.78, 5) is 12.1. The van der Waals surface area contributed by atoms with Crippen LogP contribution in [0.15, 0.2) is 27.8 Å². The van der Waals surface area contributed by atoms with Crippen molar-refractivity contribution in [1.82, 2.24) is 20.0 Å². The van der Waals surface area contributed by atoms with Crippen LogP contribution in [-0.2, 0) is 4.74 Å². The van der Waals surface area contributed by atoms with Gasteiger partial charge in [-0.05, 0) is 39.6 Å². The zero-order valence-electron chi connectivity index (χ0n) is 16.8. The lowest BCUT2D eigenvalue weighted by molar-refractivity contribution is 0.0195. The van der Waals surface area contributed by atoms with Crippen LogP contribution in [-0.4, -0.2) is 93.3 Å². The van der Waals surface area contributed by atoms with Gasteiger partial charge in [0.15, 0.2) is 5.96 Å². The number of likely N-dealkylation sites (tertiary alicyclic amines) is 1. The lowest BCUT2D eigenvalue weighted by atomic mass is 10.2. The summed E-state index contributed by atoms with van der Waals surface area (Å²) in [7, 11) is 4.14. The number of aliphatic imine (C=N–C) groups is 1. The van der Waals surface area contributed by atoms with Gasteiger partial charge < -0.3 is 19.4 Å². The molecule has 27 heavy (non-hydrogen) atoms. The minimum atomic E-state index is 0. The van der Waals surface area contributed by atoms with E-state index in [9.17, 15) is 0 Å². The highest BCUT2D eigenvalue weighted by Gasteiger charge is 2.30. The van der Waals surface area contributed by atoms with E-state index in [0.29, 0.717) is 12.6 Å². The molecule has 2 unspecified atom stereocenters. The lowest BCUT2D eigenvalue weighted by Crippen LogP contribution is -2.46. The van der Waals surface area contributed by atoms with Crippen LogP contribution in [0.2, 0.25) is 0 Å². The number of likely N-dealkylation sites (N-methyl/N-ethyl adjacent to an activating group) is 1. The minimum absolute atomic E-state index is 0. The van der Waals surface area contributed by atoms with Gasteiger partial charge in [0.1, 0.15) is 5.76 Å². The molecule has 0 radical (unpaired) electrons. The standard InChI is InChI=1S/C19H33N5O2.HI/c1-4-20-19(21-14-17(22(2)3)18-6-5-11-26-18)24-8-7-16(15-24)23-9-12-25-13-10-23;/h5-6,11,16-17H,4,7-10,12-15H2,1-3H3,(H,20,21);1H. The first-order valence-electron chi connectivity index (χ1n) is 9.74. The van der Waals surface area contributed by atoms with Gasteiger partial charge in [0.25, 0.3) is 0 Å². The number of nitrogens with one attached hydrogen (secondary N) is 1. The molecule has 2 aliphatic rings. The van der Waals surface area contributed by atoms with Gasteiger partial charge in [-0.15, -0.1) is 24.0 Å². The fourth-order valence-corrected chi connectivity index (χ4v) is 3.76. The molecule has 1 N–H and O–H groups in total. The van der Waals surface area contributed by atoms with Gasteiger partial charge >= 0.3 is 0 Å². The molecule has 0 aliphatic carbocycles. The van der Waals surface area contributed by atoms with Crippen molar-refractivity contribution in [2.45, 2.75) is 25.4 Å². The van der Waals surface area contributed by atoms with Crippen molar-refractivity contribution >= 4 is 29.9 Å². The van der Waals surface area contributed by atoms with Crippen LogP contribution in [0.1, 0.15) is 25.1 Å². The first-order chi connectivity index (χ1) is 12.7. The molecule has 8 heteroatoms. The van der Waals surface area contributed by atoms with E-state index in [-0.39, 0.29) is 30.0 Å².